The molecular weight excluding hydrogens is 473 g/mol. The molecule has 1 aliphatic heterocycles. The fourth-order valence-corrected chi connectivity index (χ4v) is 3.79. The highest BCUT2D eigenvalue weighted by molar-refractivity contribution is 7.85. The lowest BCUT2D eigenvalue weighted by Crippen LogP contribution is -2.47. The predicted octanol–water partition coefficient (Wildman–Crippen LogP) is 2.63. The molecule has 2 aromatic heterocycles. The molecule has 1 amide bonds. The summed E-state index contributed by atoms with van der Waals surface area (Å²) in [7, 11) is -4.19. The molecule has 33 heavy (non-hydrogen) atoms. The smallest absolute Gasteiger partial charge is 0.296 e. The Kier molecular flexibility index (Phi) is 7.79. The normalized spacial score (nSPS) is 13.8. The van der Waals surface area contributed by atoms with Gasteiger partial charge >= 0.3 is 0 Å². The quantitative estimate of drug-likeness (QED) is 0.530. The first kappa shape index (κ1) is 24.4. The topological polar surface area (TPSA) is 130 Å². The van der Waals surface area contributed by atoms with E-state index in [0.717, 1.165) is 44.1 Å². The van der Waals surface area contributed by atoms with Crippen LogP contribution in [0, 0.1) is 5.82 Å². The Morgan fingerprint density at radius 1 is 1.00 bits per heavy atom. The zero-order valence-electron chi connectivity index (χ0n) is 17.3. The molecule has 1 aromatic carbocycles. The summed E-state index contributed by atoms with van der Waals surface area (Å²) in [5, 5.41) is 0.0394. The maximum Gasteiger partial charge on any atom is 0.296 e. The Morgan fingerprint density at radius 3 is 2.09 bits per heavy atom. The number of amides is 1. The van der Waals surface area contributed by atoms with Crippen molar-refractivity contribution in [1.82, 2.24) is 9.97 Å². The van der Waals surface area contributed by atoms with E-state index in [-0.39, 0.29) is 15.5 Å². The average molecular weight is 494 g/mol. The third-order valence-corrected chi connectivity index (χ3v) is 5.94. The number of pyridine rings is 2. The van der Waals surface area contributed by atoms with Gasteiger partial charge in [-0.2, -0.15) is 8.42 Å². The SMILES string of the molecule is NC(=O)c1ccc(F)cc1Cl.O=S(=O)(O)c1ccc(N2CCN(c3ccccn3)CC2)nc1. The van der Waals surface area contributed by atoms with Crippen LogP contribution in [-0.4, -0.2) is 55.0 Å². The molecule has 1 saturated heterocycles. The van der Waals surface area contributed by atoms with Crippen molar-refractivity contribution in [2.75, 3.05) is 36.0 Å². The van der Waals surface area contributed by atoms with Crippen molar-refractivity contribution in [3.63, 3.8) is 0 Å². The Hall–Kier alpha value is -3.28. The Morgan fingerprint density at radius 2 is 1.64 bits per heavy atom. The second-order valence-corrected chi connectivity index (χ2v) is 8.81. The molecule has 3 aromatic rings. The summed E-state index contributed by atoms with van der Waals surface area (Å²) in [4.78, 5) is 23.1. The minimum absolute atomic E-state index is 0.0394. The van der Waals surface area contributed by atoms with Crippen molar-refractivity contribution >= 4 is 39.3 Å². The molecule has 9 nitrogen and oxygen atoms in total. The van der Waals surface area contributed by atoms with Gasteiger partial charge in [0.1, 0.15) is 22.3 Å². The first-order valence-corrected chi connectivity index (χ1v) is 11.6. The summed E-state index contributed by atoms with van der Waals surface area (Å²) in [5.41, 5.74) is 5.05. The van der Waals surface area contributed by atoms with Gasteiger partial charge in [0.05, 0.1) is 16.8 Å². The summed E-state index contributed by atoms with van der Waals surface area (Å²) in [5.74, 6) is 0.514. The minimum atomic E-state index is -4.19. The van der Waals surface area contributed by atoms with E-state index in [0.29, 0.717) is 5.82 Å². The van der Waals surface area contributed by atoms with Crippen molar-refractivity contribution in [2.45, 2.75) is 4.90 Å². The fraction of sp³-hybridized carbons (Fsp3) is 0.190. The van der Waals surface area contributed by atoms with Crippen molar-refractivity contribution in [3.8, 4) is 0 Å². The van der Waals surface area contributed by atoms with Crippen molar-refractivity contribution in [1.29, 1.82) is 0 Å². The number of carbonyl (C=O) groups excluding carboxylic acids is 1. The lowest BCUT2D eigenvalue weighted by Gasteiger charge is -2.36. The van der Waals surface area contributed by atoms with E-state index in [9.17, 15) is 17.6 Å². The van der Waals surface area contributed by atoms with E-state index in [4.69, 9.17) is 21.9 Å². The number of anilines is 2. The molecule has 0 atom stereocenters. The summed E-state index contributed by atoms with van der Waals surface area (Å²) in [6.07, 6.45) is 2.95. The van der Waals surface area contributed by atoms with Gasteiger partial charge < -0.3 is 15.5 Å². The Balaban J connectivity index is 0.000000235. The van der Waals surface area contributed by atoms with Crippen LogP contribution in [0.2, 0.25) is 5.02 Å². The number of piperazine rings is 1. The van der Waals surface area contributed by atoms with Crippen molar-refractivity contribution in [3.05, 3.63) is 77.3 Å². The Labute approximate surface area is 195 Å². The van der Waals surface area contributed by atoms with Crippen LogP contribution >= 0.6 is 11.6 Å². The molecule has 0 spiro atoms. The van der Waals surface area contributed by atoms with E-state index in [1.165, 1.54) is 18.3 Å². The van der Waals surface area contributed by atoms with E-state index >= 15 is 0 Å². The molecular formula is C21H21ClFN5O4S. The van der Waals surface area contributed by atoms with Gasteiger partial charge in [-0.1, -0.05) is 17.7 Å². The van der Waals surface area contributed by atoms with E-state index in [1.807, 2.05) is 18.2 Å². The van der Waals surface area contributed by atoms with Gasteiger partial charge in [-0.15, -0.1) is 0 Å². The van der Waals surface area contributed by atoms with Crippen LogP contribution in [0.1, 0.15) is 10.4 Å². The monoisotopic (exact) mass is 493 g/mol. The summed E-state index contributed by atoms with van der Waals surface area (Å²) in [6.45, 7) is 3.18. The van der Waals surface area contributed by atoms with Crippen LogP contribution in [0.4, 0.5) is 16.0 Å². The Bertz CT molecular complexity index is 1210. The molecule has 0 radical (unpaired) electrons. The molecule has 12 heteroatoms. The zero-order chi connectivity index (χ0) is 24.0. The van der Waals surface area contributed by atoms with Gasteiger partial charge in [0, 0.05) is 32.4 Å². The minimum Gasteiger partial charge on any atom is -0.366 e. The lowest BCUT2D eigenvalue weighted by molar-refractivity contribution is 0.100. The predicted molar refractivity (Wildman–Crippen MR) is 123 cm³/mol. The van der Waals surface area contributed by atoms with E-state index in [2.05, 4.69) is 19.8 Å². The van der Waals surface area contributed by atoms with Gasteiger partial charge in [-0.25, -0.2) is 14.4 Å². The van der Waals surface area contributed by atoms with Crippen LogP contribution < -0.4 is 15.5 Å². The lowest BCUT2D eigenvalue weighted by atomic mass is 10.2. The molecule has 0 saturated carbocycles. The molecule has 4 rings (SSSR count). The number of rotatable bonds is 4. The van der Waals surface area contributed by atoms with Crippen LogP contribution in [0.15, 0.2) is 65.8 Å². The van der Waals surface area contributed by atoms with Crippen LogP contribution in [0.5, 0.6) is 0 Å². The number of halogens is 2. The van der Waals surface area contributed by atoms with Crippen molar-refractivity contribution < 1.29 is 22.2 Å². The molecule has 1 aliphatic rings. The number of nitrogens with two attached hydrogens (primary N) is 1. The highest BCUT2D eigenvalue weighted by atomic mass is 35.5. The van der Waals surface area contributed by atoms with Gasteiger partial charge in [0.15, 0.2) is 0 Å². The van der Waals surface area contributed by atoms with Crippen LogP contribution in [0.3, 0.4) is 0 Å². The number of benzene rings is 1. The molecule has 1 fully saturated rings. The molecule has 3 N–H and O–H groups in total. The second-order valence-electron chi connectivity index (χ2n) is 6.98. The maximum atomic E-state index is 12.4. The summed E-state index contributed by atoms with van der Waals surface area (Å²) in [6, 6.07) is 12.2. The maximum absolute atomic E-state index is 12.4. The van der Waals surface area contributed by atoms with Crippen LogP contribution in [-0.2, 0) is 10.1 Å². The first-order valence-electron chi connectivity index (χ1n) is 9.74. The second kappa shape index (κ2) is 10.6. The van der Waals surface area contributed by atoms with E-state index in [1.54, 1.807) is 12.3 Å². The highest BCUT2D eigenvalue weighted by Gasteiger charge is 2.19. The number of hydrogen-bond acceptors (Lipinski definition) is 7. The zero-order valence-corrected chi connectivity index (χ0v) is 18.9. The number of aromatic nitrogens is 2. The fourth-order valence-electron chi connectivity index (χ4n) is 3.11. The molecule has 0 unspecified atom stereocenters. The number of primary amides is 1. The van der Waals surface area contributed by atoms with Crippen LogP contribution in [0.25, 0.3) is 0 Å². The number of nitrogens with zero attached hydrogens (tertiary/aromatic N) is 4. The highest BCUT2D eigenvalue weighted by Crippen LogP contribution is 2.19. The average Bonchev–Trinajstić information content (AvgIpc) is 2.79. The molecule has 174 valence electrons. The number of carbonyl (C=O) groups is 1. The molecule has 3 heterocycles. The number of hydrogen-bond donors (Lipinski definition) is 2. The summed E-state index contributed by atoms with van der Waals surface area (Å²) >= 11 is 5.48. The van der Waals surface area contributed by atoms with Gasteiger partial charge in [0.2, 0.25) is 5.91 Å². The third-order valence-electron chi connectivity index (χ3n) is 4.79. The van der Waals surface area contributed by atoms with Crippen molar-refractivity contribution in [2.24, 2.45) is 5.73 Å². The van der Waals surface area contributed by atoms with E-state index < -0.39 is 21.8 Å². The standard InChI is InChI=1S/C14H16N4O3S.C7H5ClFNO/c19-22(20,21)12-4-5-14(16-11-12)18-9-7-17(8-10-18)13-3-1-2-6-15-13;8-6-3-4(9)1-2-5(6)7(10)11/h1-6,11H,7-10H2,(H,19,20,21);1-3H,(H2,10,11). The van der Waals surface area contributed by atoms with Gasteiger partial charge in [-0.05, 0) is 42.5 Å². The third kappa shape index (κ3) is 6.60. The van der Waals surface area contributed by atoms with Gasteiger partial charge in [0.25, 0.3) is 10.1 Å². The van der Waals surface area contributed by atoms with Gasteiger partial charge in [-0.3, -0.25) is 9.35 Å². The first-order chi connectivity index (χ1) is 15.6. The molecule has 0 bridgehead atoms. The molecule has 0 aliphatic carbocycles. The summed E-state index contributed by atoms with van der Waals surface area (Å²) < 4.78 is 43.3. The largest absolute Gasteiger partial charge is 0.366 e.